The third kappa shape index (κ3) is 2.50. The summed E-state index contributed by atoms with van der Waals surface area (Å²) in [5.41, 5.74) is 8.00. The number of benzene rings is 1. The van der Waals surface area contributed by atoms with E-state index in [1.165, 1.54) is 30.6 Å². The molecule has 0 unspecified atom stereocenters. The second-order valence-electron chi connectivity index (χ2n) is 4.55. The van der Waals surface area contributed by atoms with E-state index >= 15 is 0 Å². The zero-order valence-corrected chi connectivity index (χ0v) is 11.9. The summed E-state index contributed by atoms with van der Waals surface area (Å²) in [5, 5.41) is 12.9. The average Bonchev–Trinajstić information content (AvgIpc) is 2.51. The molecule has 2 aromatic heterocycles. The summed E-state index contributed by atoms with van der Waals surface area (Å²) in [6.07, 6.45) is 2.90. The van der Waals surface area contributed by atoms with Crippen LogP contribution in [0.2, 0.25) is 5.02 Å². The van der Waals surface area contributed by atoms with Gasteiger partial charge in [-0.05, 0) is 24.3 Å². The number of anilines is 3. The molecule has 108 valence electrons. The predicted octanol–water partition coefficient (Wildman–Crippen LogP) is 3.62. The maximum Gasteiger partial charge on any atom is 0.161 e. The predicted molar refractivity (Wildman–Crippen MR) is 83.4 cm³/mol. The van der Waals surface area contributed by atoms with Gasteiger partial charge in [0.25, 0.3) is 0 Å². The van der Waals surface area contributed by atoms with Crippen molar-refractivity contribution < 1.29 is 4.39 Å². The number of rotatable bonds is 2. The van der Waals surface area contributed by atoms with Crippen molar-refractivity contribution in [3.05, 3.63) is 53.1 Å². The molecule has 0 bridgehead atoms. The first kappa shape index (κ1) is 14.0. The van der Waals surface area contributed by atoms with Gasteiger partial charge in [-0.25, -0.2) is 14.4 Å². The third-order valence-corrected chi connectivity index (χ3v) is 3.34. The highest BCUT2D eigenvalue weighted by molar-refractivity contribution is 6.31. The number of hydrogen-bond acceptors (Lipinski definition) is 5. The van der Waals surface area contributed by atoms with Crippen LogP contribution in [0.25, 0.3) is 11.0 Å². The van der Waals surface area contributed by atoms with Crippen molar-refractivity contribution in [2.75, 3.05) is 11.1 Å². The number of nitrogens with zero attached hydrogens (tertiary/aromatic N) is 3. The highest BCUT2D eigenvalue weighted by atomic mass is 35.5. The molecule has 3 N–H and O–H groups in total. The molecule has 5 nitrogen and oxygen atoms in total. The largest absolute Gasteiger partial charge is 0.397 e. The number of nitriles is 1. The highest BCUT2D eigenvalue weighted by Crippen LogP contribution is 2.30. The molecule has 1 aromatic carbocycles. The van der Waals surface area contributed by atoms with E-state index in [9.17, 15) is 9.65 Å². The molecule has 0 saturated heterocycles. The Balaban J connectivity index is 2.17. The maximum absolute atomic E-state index is 13.2. The summed E-state index contributed by atoms with van der Waals surface area (Å²) in [7, 11) is 0. The Hall–Kier alpha value is -2.91. The van der Waals surface area contributed by atoms with Crippen LogP contribution in [-0.2, 0) is 0 Å². The molecule has 0 spiro atoms. The van der Waals surface area contributed by atoms with Crippen molar-refractivity contribution in [2.45, 2.75) is 0 Å². The molecule has 2 heterocycles. The van der Waals surface area contributed by atoms with Crippen LogP contribution in [0.15, 0.2) is 36.7 Å². The molecule has 3 rings (SSSR count). The zero-order chi connectivity index (χ0) is 15.7. The second-order valence-corrected chi connectivity index (χ2v) is 4.96. The van der Waals surface area contributed by atoms with Crippen LogP contribution >= 0.6 is 11.6 Å². The van der Waals surface area contributed by atoms with E-state index in [2.05, 4.69) is 21.4 Å². The number of fused-ring (bicyclic) bond motifs is 1. The molecule has 22 heavy (non-hydrogen) atoms. The normalized spacial score (nSPS) is 10.4. The number of aromatic nitrogens is 2. The molecule has 3 aromatic rings. The van der Waals surface area contributed by atoms with Crippen LogP contribution in [0.5, 0.6) is 0 Å². The SMILES string of the molecule is N#Cc1cnc2ncc(N)cc2c1Nc1ccc(F)c(Cl)c1. The summed E-state index contributed by atoms with van der Waals surface area (Å²) < 4.78 is 13.2. The smallest absolute Gasteiger partial charge is 0.161 e. The van der Waals surface area contributed by atoms with Crippen molar-refractivity contribution in [1.82, 2.24) is 9.97 Å². The zero-order valence-electron chi connectivity index (χ0n) is 11.1. The Morgan fingerprint density at radius 3 is 2.73 bits per heavy atom. The summed E-state index contributed by atoms with van der Waals surface area (Å²) in [6.45, 7) is 0. The molecule has 0 radical (unpaired) electrons. The molecular weight excluding hydrogens is 305 g/mol. The lowest BCUT2D eigenvalue weighted by Gasteiger charge is -2.11. The molecule has 0 amide bonds. The van der Waals surface area contributed by atoms with E-state index in [4.69, 9.17) is 17.3 Å². The van der Waals surface area contributed by atoms with E-state index < -0.39 is 5.82 Å². The van der Waals surface area contributed by atoms with Gasteiger partial charge in [0, 0.05) is 17.3 Å². The Labute approximate surface area is 130 Å². The van der Waals surface area contributed by atoms with Gasteiger partial charge in [0.05, 0.1) is 28.2 Å². The summed E-state index contributed by atoms with van der Waals surface area (Å²) in [5.74, 6) is -0.516. The standard InChI is InChI=1S/C15H9ClFN5/c16-12-4-10(1-2-13(12)17)22-14-8(5-18)6-20-15-11(14)3-9(19)7-21-15/h1-4,6-7H,19H2,(H,20,21,22). The van der Waals surface area contributed by atoms with Gasteiger partial charge in [0.1, 0.15) is 11.9 Å². The Bertz CT molecular complexity index is 920. The quantitative estimate of drug-likeness (QED) is 0.754. The first-order valence-corrected chi connectivity index (χ1v) is 6.62. The van der Waals surface area contributed by atoms with Crippen molar-refractivity contribution in [3.8, 4) is 6.07 Å². The van der Waals surface area contributed by atoms with Crippen LogP contribution in [0.1, 0.15) is 5.56 Å². The van der Waals surface area contributed by atoms with Crippen molar-refractivity contribution in [3.63, 3.8) is 0 Å². The van der Waals surface area contributed by atoms with Gasteiger partial charge >= 0.3 is 0 Å². The van der Waals surface area contributed by atoms with Crippen LogP contribution < -0.4 is 11.1 Å². The van der Waals surface area contributed by atoms with E-state index in [1.807, 2.05) is 0 Å². The first-order chi connectivity index (χ1) is 10.6. The van der Waals surface area contributed by atoms with E-state index in [0.717, 1.165) is 0 Å². The molecule has 0 aliphatic carbocycles. The molecule has 0 atom stereocenters. The molecular formula is C15H9ClFN5. The first-order valence-electron chi connectivity index (χ1n) is 6.25. The maximum atomic E-state index is 13.2. The fourth-order valence-corrected chi connectivity index (χ4v) is 2.21. The van der Waals surface area contributed by atoms with E-state index in [-0.39, 0.29) is 5.02 Å². The molecule has 0 aliphatic heterocycles. The van der Waals surface area contributed by atoms with Crippen molar-refractivity contribution in [1.29, 1.82) is 5.26 Å². The second kappa shape index (κ2) is 5.47. The van der Waals surface area contributed by atoms with Gasteiger partial charge < -0.3 is 11.1 Å². The minimum Gasteiger partial charge on any atom is -0.397 e. The third-order valence-electron chi connectivity index (χ3n) is 3.05. The number of hydrogen-bond donors (Lipinski definition) is 2. The van der Waals surface area contributed by atoms with Gasteiger partial charge in [-0.1, -0.05) is 11.6 Å². The Morgan fingerprint density at radius 2 is 2.00 bits per heavy atom. The van der Waals surface area contributed by atoms with Crippen LogP contribution in [0.3, 0.4) is 0 Å². The molecule has 0 aliphatic rings. The minimum absolute atomic E-state index is 0.0143. The van der Waals surface area contributed by atoms with Crippen molar-refractivity contribution >= 4 is 39.7 Å². The fourth-order valence-electron chi connectivity index (χ4n) is 2.03. The van der Waals surface area contributed by atoms with Gasteiger partial charge in [-0.3, -0.25) is 0 Å². The monoisotopic (exact) mass is 313 g/mol. The number of nitrogen functional groups attached to an aromatic ring is 1. The summed E-state index contributed by atoms with van der Waals surface area (Å²) in [6, 6.07) is 7.92. The lowest BCUT2D eigenvalue weighted by atomic mass is 10.1. The summed E-state index contributed by atoms with van der Waals surface area (Å²) >= 11 is 5.77. The van der Waals surface area contributed by atoms with Gasteiger partial charge in [-0.15, -0.1) is 0 Å². The van der Waals surface area contributed by atoms with Gasteiger partial charge in [0.2, 0.25) is 0 Å². The summed E-state index contributed by atoms with van der Waals surface area (Å²) in [4.78, 5) is 8.23. The Kier molecular flexibility index (Phi) is 3.49. The molecule has 0 fully saturated rings. The number of nitrogens with two attached hydrogens (primary N) is 1. The van der Waals surface area contributed by atoms with Gasteiger partial charge in [-0.2, -0.15) is 5.26 Å². The molecule has 0 saturated carbocycles. The molecule has 7 heteroatoms. The van der Waals surface area contributed by atoms with Gasteiger partial charge in [0.15, 0.2) is 5.65 Å². The van der Waals surface area contributed by atoms with E-state index in [1.54, 1.807) is 6.07 Å². The Morgan fingerprint density at radius 1 is 1.23 bits per heavy atom. The minimum atomic E-state index is -0.516. The lowest BCUT2D eigenvalue weighted by Crippen LogP contribution is -1.99. The number of halogens is 2. The average molecular weight is 314 g/mol. The fraction of sp³-hybridized carbons (Fsp3) is 0. The van der Waals surface area contributed by atoms with Crippen LogP contribution in [-0.4, -0.2) is 9.97 Å². The number of nitrogens with one attached hydrogen (secondary N) is 1. The number of pyridine rings is 2. The van der Waals surface area contributed by atoms with Crippen LogP contribution in [0, 0.1) is 17.1 Å². The van der Waals surface area contributed by atoms with Crippen LogP contribution in [0.4, 0.5) is 21.5 Å². The topological polar surface area (TPSA) is 87.6 Å². The lowest BCUT2D eigenvalue weighted by molar-refractivity contribution is 0.628. The highest BCUT2D eigenvalue weighted by Gasteiger charge is 2.11. The van der Waals surface area contributed by atoms with E-state index in [0.29, 0.717) is 33.7 Å². The van der Waals surface area contributed by atoms with Crippen molar-refractivity contribution in [2.24, 2.45) is 0 Å².